The minimum atomic E-state index is -0.149. The van der Waals surface area contributed by atoms with Crippen LogP contribution in [0.2, 0.25) is 4.34 Å². The van der Waals surface area contributed by atoms with Crippen LogP contribution in [0, 0.1) is 6.92 Å². The number of aryl methyl sites for hydroxylation is 2. The van der Waals surface area contributed by atoms with Crippen molar-refractivity contribution in [1.29, 1.82) is 0 Å². The number of ether oxygens (including phenoxy) is 1. The van der Waals surface area contributed by atoms with Crippen LogP contribution in [-0.2, 0) is 13.0 Å². The summed E-state index contributed by atoms with van der Waals surface area (Å²) in [6, 6.07) is 10.9. The number of imidazole rings is 1. The van der Waals surface area contributed by atoms with Crippen LogP contribution < -0.4 is 10.3 Å². The number of rotatable bonds is 5. The fourth-order valence-electron chi connectivity index (χ4n) is 3.02. The first-order valence-electron chi connectivity index (χ1n) is 8.63. The van der Waals surface area contributed by atoms with Crippen molar-refractivity contribution in [2.24, 2.45) is 0 Å². The van der Waals surface area contributed by atoms with E-state index in [0.717, 1.165) is 38.4 Å². The lowest BCUT2D eigenvalue weighted by molar-refractivity contribution is 0.309. The summed E-state index contributed by atoms with van der Waals surface area (Å²) in [5, 5.41) is 0. The number of thiophene rings is 1. The van der Waals surface area contributed by atoms with Gasteiger partial charge < -0.3 is 9.14 Å². The van der Waals surface area contributed by atoms with Crippen molar-refractivity contribution in [2.75, 3.05) is 0 Å². The normalized spacial score (nSPS) is 11.2. The number of fused-ring (bicyclic) bond motifs is 1. The summed E-state index contributed by atoms with van der Waals surface area (Å²) in [7, 11) is 0. The first-order valence-corrected chi connectivity index (χ1v) is 9.82. The molecule has 4 rings (SSSR count). The van der Waals surface area contributed by atoms with Gasteiger partial charge in [-0.3, -0.25) is 9.36 Å². The standard InChI is InChI=1S/C20H18ClN3O2S/c1-3-17-13(2)24-11-14(4-7-19(24)22-17)23-9-8-15(10-20(23)25)26-12-16-5-6-18(21)27-16/h4-11H,3,12H2,1-2H3. The van der Waals surface area contributed by atoms with E-state index < -0.39 is 0 Å². The van der Waals surface area contributed by atoms with Gasteiger partial charge in [0.15, 0.2) is 0 Å². The molecule has 0 fully saturated rings. The van der Waals surface area contributed by atoms with E-state index in [1.807, 2.05) is 41.8 Å². The highest BCUT2D eigenvalue weighted by molar-refractivity contribution is 7.16. The molecular weight excluding hydrogens is 382 g/mol. The SMILES string of the molecule is CCc1nc2ccc(-n3ccc(OCc4ccc(Cl)s4)cc3=O)cn2c1C. The van der Waals surface area contributed by atoms with E-state index >= 15 is 0 Å². The van der Waals surface area contributed by atoms with Crippen LogP contribution in [0.15, 0.2) is 53.6 Å². The lowest BCUT2D eigenvalue weighted by Crippen LogP contribution is -2.17. The molecule has 0 aliphatic heterocycles. The zero-order valence-electron chi connectivity index (χ0n) is 15.0. The molecule has 0 radical (unpaired) electrons. The van der Waals surface area contributed by atoms with E-state index in [-0.39, 0.29) is 5.56 Å². The number of halogens is 1. The summed E-state index contributed by atoms with van der Waals surface area (Å²) in [6.07, 6.45) is 4.55. The highest BCUT2D eigenvalue weighted by Gasteiger charge is 2.09. The molecule has 0 N–H and O–H groups in total. The Morgan fingerprint density at radius 3 is 2.78 bits per heavy atom. The third kappa shape index (κ3) is 3.50. The maximum atomic E-state index is 12.6. The van der Waals surface area contributed by atoms with Crippen LogP contribution >= 0.6 is 22.9 Å². The Bertz CT molecular complexity index is 1180. The van der Waals surface area contributed by atoms with Crippen molar-refractivity contribution in [2.45, 2.75) is 26.9 Å². The van der Waals surface area contributed by atoms with E-state index in [1.165, 1.54) is 17.4 Å². The second-order valence-corrected chi connectivity index (χ2v) is 7.98. The molecule has 27 heavy (non-hydrogen) atoms. The molecule has 0 saturated heterocycles. The number of hydrogen-bond acceptors (Lipinski definition) is 4. The average Bonchev–Trinajstić information content (AvgIpc) is 3.23. The number of hydrogen-bond donors (Lipinski definition) is 0. The number of pyridine rings is 2. The highest BCUT2D eigenvalue weighted by atomic mass is 35.5. The minimum absolute atomic E-state index is 0.149. The maximum absolute atomic E-state index is 12.6. The summed E-state index contributed by atoms with van der Waals surface area (Å²) in [6.45, 7) is 4.52. The Labute approximate surface area is 165 Å². The van der Waals surface area contributed by atoms with Gasteiger partial charge in [-0.25, -0.2) is 4.98 Å². The highest BCUT2D eigenvalue weighted by Crippen LogP contribution is 2.23. The molecule has 0 unspecified atom stereocenters. The molecule has 4 aromatic heterocycles. The van der Waals surface area contributed by atoms with Gasteiger partial charge in [0.25, 0.3) is 5.56 Å². The summed E-state index contributed by atoms with van der Waals surface area (Å²) in [4.78, 5) is 18.2. The Hall–Kier alpha value is -2.57. The first kappa shape index (κ1) is 17.8. The summed E-state index contributed by atoms with van der Waals surface area (Å²) in [5.41, 5.74) is 3.68. The van der Waals surface area contributed by atoms with E-state index in [1.54, 1.807) is 16.8 Å². The van der Waals surface area contributed by atoms with Crippen molar-refractivity contribution in [3.63, 3.8) is 0 Å². The zero-order chi connectivity index (χ0) is 19.0. The molecule has 0 aromatic carbocycles. The molecular formula is C20H18ClN3O2S. The maximum Gasteiger partial charge on any atom is 0.258 e. The smallest absolute Gasteiger partial charge is 0.258 e. The molecule has 4 heterocycles. The second-order valence-electron chi connectivity index (χ2n) is 6.18. The van der Waals surface area contributed by atoms with Gasteiger partial charge in [0, 0.05) is 29.0 Å². The van der Waals surface area contributed by atoms with Crippen molar-refractivity contribution >= 4 is 28.6 Å². The van der Waals surface area contributed by atoms with E-state index in [9.17, 15) is 4.79 Å². The molecule has 0 amide bonds. The second kappa shape index (κ2) is 7.21. The van der Waals surface area contributed by atoms with Crippen molar-refractivity contribution in [3.05, 3.63) is 79.7 Å². The van der Waals surface area contributed by atoms with Gasteiger partial charge in [0.2, 0.25) is 0 Å². The molecule has 0 spiro atoms. The zero-order valence-corrected chi connectivity index (χ0v) is 16.5. The third-order valence-electron chi connectivity index (χ3n) is 4.45. The number of aromatic nitrogens is 3. The lowest BCUT2D eigenvalue weighted by Gasteiger charge is -2.09. The number of nitrogens with zero attached hydrogens (tertiary/aromatic N) is 3. The van der Waals surface area contributed by atoms with Crippen LogP contribution in [-0.4, -0.2) is 14.0 Å². The molecule has 0 aliphatic carbocycles. The minimum Gasteiger partial charge on any atom is -0.488 e. The summed E-state index contributed by atoms with van der Waals surface area (Å²) < 4.78 is 10.0. The van der Waals surface area contributed by atoms with Crippen LogP contribution in [0.4, 0.5) is 0 Å². The third-order valence-corrected chi connectivity index (χ3v) is 5.66. The summed E-state index contributed by atoms with van der Waals surface area (Å²) in [5.74, 6) is 0.536. The van der Waals surface area contributed by atoms with Gasteiger partial charge in [0.1, 0.15) is 18.0 Å². The predicted octanol–water partition coefficient (Wildman–Crippen LogP) is 4.65. The molecule has 0 saturated carbocycles. The molecule has 7 heteroatoms. The molecule has 0 bridgehead atoms. The fourth-order valence-corrected chi connectivity index (χ4v) is 4.03. The summed E-state index contributed by atoms with van der Waals surface area (Å²) >= 11 is 7.39. The lowest BCUT2D eigenvalue weighted by atomic mass is 10.3. The van der Waals surface area contributed by atoms with Crippen molar-refractivity contribution in [1.82, 2.24) is 14.0 Å². The van der Waals surface area contributed by atoms with Crippen LogP contribution in [0.3, 0.4) is 0 Å². The van der Waals surface area contributed by atoms with E-state index in [4.69, 9.17) is 16.3 Å². The monoisotopic (exact) mass is 399 g/mol. The topological polar surface area (TPSA) is 48.5 Å². The molecule has 5 nitrogen and oxygen atoms in total. The Balaban J connectivity index is 1.61. The largest absolute Gasteiger partial charge is 0.488 e. The van der Waals surface area contributed by atoms with Gasteiger partial charge in [-0.1, -0.05) is 18.5 Å². The van der Waals surface area contributed by atoms with Crippen LogP contribution in [0.5, 0.6) is 5.75 Å². The van der Waals surface area contributed by atoms with Gasteiger partial charge >= 0.3 is 0 Å². The van der Waals surface area contributed by atoms with Crippen molar-refractivity contribution < 1.29 is 4.74 Å². The molecule has 0 aliphatic rings. The van der Waals surface area contributed by atoms with E-state index in [0.29, 0.717) is 12.4 Å². The van der Waals surface area contributed by atoms with Gasteiger partial charge in [-0.05, 0) is 43.7 Å². The van der Waals surface area contributed by atoms with Crippen molar-refractivity contribution in [3.8, 4) is 11.4 Å². The predicted molar refractivity (Wildman–Crippen MR) is 109 cm³/mol. The first-order chi connectivity index (χ1) is 13.0. The molecule has 4 aromatic rings. The van der Waals surface area contributed by atoms with Crippen LogP contribution in [0.1, 0.15) is 23.2 Å². The van der Waals surface area contributed by atoms with E-state index in [2.05, 4.69) is 11.9 Å². The molecule has 0 atom stereocenters. The quantitative estimate of drug-likeness (QED) is 0.490. The molecule has 138 valence electrons. The average molecular weight is 400 g/mol. The van der Waals surface area contributed by atoms with Gasteiger partial charge in [-0.15, -0.1) is 11.3 Å². The Kier molecular flexibility index (Phi) is 4.76. The van der Waals surface area contributed by atoms with Gasteiger partial charge in [0.05, 0.1) is 15.7 Å². The van der Waals surface area contributed by atoms with Gasteiger partial charge in [-0.2, -0.15) is 0 Å². The Morgan fingerprint density at radius 2 is 2.07 bits per heavy atom. The fraction of sp³-hybridized carbons (Fsp3) is 0.200. The van der Waals surface area contributed by atoms with Crippen LogP contribution in [0.25, 0.3) is 11.3 Å². The Morgan fingerprint density at radius 1 is 1.22 bits per heavy atom.